The van der Waals surface area contributed by atoms with E-state index in [1.165, 1.54) is 57.8 Å². The van der Waals surface area contributed by atoms with Gasteiger partial charge >= 0.3 is 0 Å². The van der Waals surface area contributed by atoms with E-state index in [1.54, 1.807) is 0 Å². The van der Waals surface area contributed by atoms with Gasteiger partial charge in [0.2, 0.25) is 0 Å². The highest BCUT2D eigenvalue weighted by molar-refractivity contribution is 5.05. The summed E-state index contributed by atoms with van der Waals surface area (Å²) < 4.78 is 0. The fourth-order valence-electron chi connectivity index (χ4n) is 6.98. The van der Waals surface area contributed by atoms with E-state index in [0.29, 0.717) is 5.92 Å². The van der Waals surface area contributed by atoms with Gasteiger partial charge in [-0.15, -0.1) is 0 Å². The van der Waals surface area contributed by atoms with Crippen LogP contribution in [0.3, 0.4) is 0 Å². The molecule has 0 aliphatic heterocycles. The van der Waals surface area contributed by atoms with Crippen molar-refractivity contribution < 1.29 is 10.2 Å². The van der Waals surface area contributed by atoms with Gasteiger partial charge in [0.15, 0.2) is 6.29 Å². The Morgan fingerprint density at radius 2 is 1.55 bits per heavy atom. The third-order valence-electron chi connectivity index (χ3n) is 7.81. The van der Waals surface area contributed by atoms with Gasteiger partial charge in [0.25, 0.3) is 0 Å². The third kappa shape index (κ3) is 1.83. The summed E-state index contributed by atoms with van der Waals surface area (Å²) in [5, 5.41) is 20.0. The van der Waals surface area contributed by atoms with E-state index in [4.69, 9.17) is 0 Å². The summed E-state index contributed by atoms with van der Waals surface area (Å²) in [7, 11) is 0. The molecule has 0 aromatic heterocycles. The lowest BCUT2D eigenvalue weighted by molar-refractivity contribution is -0.190. The fraction of sp³-hybridized carbons (Fsp3) is 1.00. The van der Waals surface area contributed by atoms with Gasteiger partial charge in [0, 0.05) is 5.41 Å². The van der Waals surface area contributed by atoms with Crippen molar-refractivity contribution in [2.45, 2.75) is 76.9 Å². The van der Waals surface area contributed by atoms with Crippen molar-refractivity contribution in [1.29, 1.82) is 0 Å². The second-order valence-electron chi connectivity index (χ2n) is 8.26. The summed E-state index contributed by atoms with van der Waals surface area (Å²) in [6.07, 6.45) is 13.5. The SMILES string of the molecule is OC(O)[C@@]12CCC[C@H]1[C@@H]1CC[C@H]3CCCC[C@@H]3[C@H]1CC2. The molecule has 0 heterocycles. The molecular weight excluding hydrogens is 248 g/mol. The molecule has 4 rings (SSSR count). The summed E-state index contributed by atoms with van der Waals surface area (Å²) in [5.41, 5.74) is -0.122. The first kappa shape index (κ1) is 13.6. The van der Waals surface area contributed by atoms with Crippen LogP contribution in [0.15, 0.2) is 0 Å². The fourth-order valence-corrected chi connectivity index (χ4v) is 6.98. The van der Waals surface area contributed by atoms with Gasteiger partial charge in [0.1, 0.15) is 0 Å². The number of rotatable bonds is 1. The van der Waals surface area contributed by atoms with Crippen LogP contribution in [0.1, 0.15) is 70.6 Å². The molecule has 4 fully saturated rings. The van der Waals surface area contributed by atoms with E-state index in [2.05, 4.69) is 0 Å². The number of hydrogen-bond donors (Lipinski definition) is 2. The van der Waals surface area contributed by atoms with Gasteiger partial charge in [-0.25, -0.2) is 0 Å². The van der Waals surface area contributed by atoms with Crippen LogP contribution in [0.5, 0.6) is 0 Å². The molecule has 0 spiro atoms. The van der Waals surface area contributed by atoms with Crippen molar-refractivity contribution in [2.24, 2.45) is 35.0 Å². The summed E-state index contributed by atoms with van der Waals surface area (Å²) in [6.45, 7) is 0. The molecule has 4 saturated carbocycles. The van der Waals surface area contributed by atoms with Gasteiger partial charge in [-0.05, 0) is 74.5 Å². The van der Waals surface area contributed by atoms with Gasteiger partial charge in [-0.2, -0.15) is 0 Å². The van der Waals surface area contributed by atoms with Crippen LogP contribution in [0.4, 0.5) is 0 Å². The third-order valence-corrected chi connectivity index (χ3v) is 7.81. The molecule has 0 radical (unpaired) electrons. The normalized spacial score (nSPS) is 51.5. The largest absolute Gasteiger partial charge is 0.368 e. The van der Waals surface area contributed by atoms with Crippen molar-refractivity contribution in [3.05, 3.63) is 0 Å². The molecule has 0 saturated heterocycles. The van der Waals surface area contributed by atoms with Crippen LogP contribution >= 0.6 is 0 Å². The number of fused-ring (bicyclic) bond motifs is 5. The summed E-state index contributed by atoms with van der Waals surface area (Å²) in [6, 6.07) is 0. The Hall–Kier alpha value is -0.0800. The summed E-state index contributed by atoms with van der Waals surface area (Å²) in [5.74, 6) is 4.34. The van der Waals surface area contributed by atoms with Crippen LogP contribution in [0, 0.1) is 35.0 Å². The highest BCUT2D eigenvalue weighted by Crippen LogP contribution is 2.63. The monoisotopic (exact) mass is 278 g/mol. The van der Waals surface area contributed by atoms with Crippen LogP contribution in [0.2, 0.25) is 0 Å². The highest BCUT2D eigenvalue weighted by atomic mass is 16.5. The lowest BCUT2D eigenvalue weighted by Gasteiger charge is -2.55. The zero-order chi connectivity index (χ0) is 13.7. The van der Waals surface area contributed by atoms with Gasteiger partial charge in [0.05, 0.1) is 0 Å². The zero-order valence-electron chi connectivity index (χ0n) is 12.6. The van der Waals surface area contributed by atoms with Crippen molar-refractivity contribution in [3.8, 4) is 0 Å². The number of aliphatic hydroxyl groups excluding tert-OH is 1. The first-order valence-corrected chi connectivity index (χ1v) is 9.08. The molecule has 2 nitrogen and oxygen atoms in total. The lowest BCUT2D eigenvalue weighted by atomic mass is 9.50. The van der Waals surface area contributed by atoms with Crippen LogP contribution < -0.4 is 0 Å². The van der Waals surface area contributed by atoms with Crippen molar-refractivity contribution in [2.75, 3.05) is 0 Å². The molecule has 114 valence electrons. The molecule has 0 aromatic rings. The molecular formula is C18H30O2. The van der Waals surface area contributed by atoms with E-state index < -0.39 is 6.29 Å². The minimum Gasteiger partial charge on any atom is -0.368 e. The quantitative estimate of drug-likeness (QED) is 0.718. The second kappa shape index (κ2) is 4.98. The van der Waals surface area contributed by atoms with E-state index in [-0.39, 0.29) is 5.41 Å². The van der Waals surface area contributed by atoms with Crippen molar-refractivity contribution in [3.63, 3.8) is 0 Å². The first-order valence-electron chi connectivity index (χ1n) is 9.08. The molecule has 4 aliphatic rings. The maximum atomic E-state index is 10.0. The minimum atomic E-state index is -1.07. The average Bonchev–Trinajstić information content (AvgIpc) is 2.92. The predicted octanol–water partition coefficient (Wildman–Crippen LogP) is 3.71. The average molecular weight is 278 g/mol. The van der Waals surface area contributed by atoms with Gasteiger partial charge in [-0.3, -0.25) is 0 Å². The Morgan fingerprint density at radius 1 is 0.700 bits per heavy atom. The summed E-state index contributed by atoms with van der Waals surface area (Å²) >= 11 is 0. The highest BCUT2D eigenvalue weighted by Gasteiger charge is 2.57. The smallest absolute Gasteiger partial charge is 0.157 e. The Kier molecular flexibility index (Phi) is 3.38. The van der Waals surface area contributed by atoms with Gasteiger partial charge in [-0.1, -0.05) is 25.7 Å². The predicted molar refractivity (Wildman–Crippen MR) is 78.9 cm³/mol. The molecule has 4 aliphatic carbocycles. The maximum absolute atomic E-state index is 10.0. The Bertz CT molecular complexity index is 366. The van der Waals surface area contributed by atoms with E-state index >= 15 is 0 Å². The molecule has 0 unspecified atom stereocenters. The second-order valence-corrected chi connectivity index (χ2v) is 8.26. The molecule has 2 heteroatoms. The molecule has 0 amide bonds. The van der Waals surface area contributed by atoms with E-state index in [9.17, 15) is 10.2 Å². The molecule has 2 N–H and O–H groups in total. The van der Waals surface area contributed by atoms with Crippen LogP contribution in [0.25, 0.3) is 0 Å². The first-order chi connectivity index (χ1) is 9.72. The Labute approximate surface area is 123 Å². The Morgan fingerprint density at radius 3 is 2.40 bits per heavy atom. The molecule has 6 atom stereocenters. The topological polar surface area (TPSA) is 40.5 Å². The van der Waals surface area contributed by atoms with Crippen molar-refractivity contribution in [1.82, 2.24) is 0 Å². The Balaban J connectivity index is 1.60. The standard InChI is InChI=1S/C18H30O2/c19-17(20)18-10-3-6-16(18)15-8-7-12-4-1-2-5-13(12)14(15)9-11-18/h12-17,19-20H,1-11H2/t12-,13+,14-,15-,16+,18-/m1/s1. The maximum Gasteiger partial charge on any atom is 0.157 e. The van der Waals surface area contributed by atoms with Crippen LogP contribution in [-0.4, -0.2) is 16.5 Å². The number of aliphatic hydroxyl groups is 2. The molecule has 20 heavy (non-hydrogen) atoms. The minimum absolute atomic E-state index is 0.122. The molecule has 0 bridgehead atoms. The molecule has 0 aromatic carbocycles. The number of hydrogen-bond acceptors (Lipinski definition) is 2. The van der Waals surface area contributed by atoms with Crippen LogP contribution in [-0.2, 0) is 0 Å². The van der Waals surface area contributed by atoms with Crippen molar-refractivity contribution >= 4 is 0 Å². The van der Waals surface area contributed by atoms with Gasteiger partial charge < -0.3 is 10.2 Å². The summed E-state index contributed by atoms with van der Waals surface area (Å²) in [4.78, 5) is 0. The lowest BCUT2D eigenvalue weighted by Crippen LogP contribution is -2.51. The zero-order valence-corrected chi connectivity index (χ0v) is 12.6. The van der Waals surface area contributed by atoms with E-state index in [0.717, 1.165) is 36.5 Å². The van der Waals surface area contributed by atoms with E-state index in [1.807, 2.05) is 0 Å².